The fourth-order valence-electron chi connectivity index (χ4n) is 1.72. The molecule has 0 spiro atoms. The fourth-order valence-corrected chi connectivity index (χ4v) is 1.72. The van der Waals surface area contributed by atoms with Crippen molar-refractivity contribution in [1.82, 2.24) is 15.2 Å². The average Bonchev–Trinajstić information content (AvgIpc) is 2.36. The number of hydrogen-bond donors (Lipinski definition) is 1. The maximum atomic E-state index is 4.29. The highest BCUT2D eigenvalue weighted by atomic mass is 15.2. The minimum Gasteiger partial charge on any atom is -0.369 e. The quantitative estimate of drug-likeness (QED) is 0.877. The van der Waals surface area contributed by atoms with Crippen LogP contribution in [0.25, 0.3) is 11.3 Å². The Hall–Kier alpha value is -1.97. The molecule has 0 amide bonds. The number of rotatable bonds is 3. The van der Waals surface area contributed by atoms with Crippen molar-refractivity contribution in [3.05, 3.63) is 35.7 Å². The third-order valence-corrected chi connectivity index (χ3v) is 2.82. The molecule has 0 radical (unpaired) electrons. The molecule has 0 unspecified atom stereocenters. The normalized spacial score (nSPS) is 10.3. The Bertz CT molecular complexity index is 508. The zero-order chi connectivity index (χ0) is 12.3. The molecule has 1 N–H and O–H groups in total. The number of anilines is 1. The topological polar surface area (TPSA) is 50.7 Å². The van der Waals surface area contributed by atoms with Gasteiger partial charge in [-0.15, -0.1) is 10.2 Å². The van der Waals surface area contributed by atoms with Gasteiger partial charge in [-0.05, 0) is 44.0 Å². The van der Waals surface area contributed by atoms with Gasteiger partial charge in [0.1, 0.15) is 0 Å². The highest BCUT2D eigenvalue weighted by Gasteiger charge is 2.10. The molecule has 2 aromatic heterocycles. The number of hydrogen-bond acceptors (Lipinski definition) is 4. The van der Waals surface area contributed by atoms with Gasteiger partial charge < -0.3 is 5.32 Å². The first kappa shape index (κ1) is 11.5. The van der Waals surface area contributed by atoms with E-state index in [1.54, 1.807) is 12.4 Å². The van der Waals surface area contributed by atoms with Gasteiger partial charge in [-0.25, -0.2) is 0 Å². The summed E-state index contributed by atoms with van der Waals surface area (Å²) in [5.41, 5.74) is 4.28. The molecule has 2 heterocycles. The average molecular weight is 228 g/mol. The highest BCUT2D eigenvalue weighted by Crippen LogP contribution is 2.25. The maximum absolute atomic E-state index is 4.29. The summed E-state index contributed by atoms with van der Waals surface area (Å²) in [7, 11) is 0. The first-order chi connectivity index (χ1) is 8.24. The molecule has 4 nitrogen and oxygen atoms in total. The van der Waals surface area contributed by atoms with Crippen molar-refractivity contribution in [2.75, 3.05) is 11.9 Å². The Morgan fingerprint density at radius 1 is 1.06 bits per heavy atom. The first-order valence-corrected chi connectivity index (χ1v) is 5.72. The van der Waals surface area contributed by atoms with Crippen LogP contribution in [-0.4, -0.2) is 21.7 Å². The Morgan fingerprint density at radius 2 is 1.76 bits per heavy atom. The summed E-state index contributed by atoms with van der Waals surface area (Å²) >= 11 is 0. The zero-order valence-electron chi connectivity index (χ0n) is 10.4. The summed E-state index contributed by atoms with van der Waals surface area (Å²) < 4.78 is 0. The lowest BCUT2D eigenvalue weighted by molar-refractivity contribution is 0.986. The second-order valence-corrected chi connectivity index (χ2v) is 3.91. The van der Waals surface area contributed by atoms with Crippen LogP contribution in [-0.2, 0) is 0 Å². The Labute approximate surface area is 101 Å². The lowest BCUT2D eigenvalue weighted by Gasteiger charge is -2.11. The molecular weight excluding hydrogens is 212 g/mol. The van der Waals surface area contributed by atoms with E-state index in [2.05, 4.69) is 34.3 Å². The standard InChI is InChI=1S/C13H16N4/c1-4-15-13-10(3)9(2)12(16-17-13)11-5-7-14-8-6-11/h5-8H,4H2,1-3H3,(H,15,17). The minimum absolute atomic E-state index is 0.851. The monoisotopic (exact) mass is 228 g/mol. The Balaban J connectivity index is 2.48. The second kappa shape index (κ2) is 4.91. The molecule has 88 valence electrons. The summed E-state index contributed by atoms with van der Waals surface area (Å²) in [6.07, 6.45) is 3.54. The van der Waals surface area contributed by atoms with E-state index in [4.69, 9.17) is 0 Å². The van der Waals surface area contributed by atoms with Gasteiger partial charge in [0.15, 0.2) is 5.82 Å². The van der Waals surface area contributed by atoms with Crippen LogP contribution >= 0.6 is 0 Å². The Morgan fingerprint density at radius 3 is 2.41 bits per heavy atom. The van der Waals surface area contributed by atoms with Crippen molar-refractivity contribution in [3.8, 4) is 11.3 Å². The van der Waals surface area contributed by atoms with Crippen molar-refractivity contribution in [2.45, 2.75) is 20.8 Å². The molecule has 2 rings (SSSR count). The molecule has 0 saturated heterocycles. The number of pyridine rings is 1. The van der Waals surface area contributed by atoms with Crippen LogP contribution in [0.2, 0.25) is 0 Å². The van der Waals surface area contributed by atoms with Gasteiger partial charge in [-0.1, -0.05) is 0 Å². The third-order valence-electron chi connectivity index (χ3n) is 2.82. The SMILES string of the molecule is CCNc1nnc(-c2ccncc2)c(C)c1C. The van der Waals surface area contributed by atoms with Crippen LogP contribution in [0.4, 0.5) is 5.82 Å². The van der Waals surface area contributed by atoms with Crippen LogP contribution in [0, 0.1) is 13.8 Å². The molecule has 0 aliphatic rings. The molecule has 0 aromatic carbocycles. The number of nitrogens with one attached hydrogen (secondary N) is 1. The van der Waals surface area contributed by atoms with Crippen LogP contribution in [0.15, 0.2) is 24.5 Å². The molecule has 17 heavy (non-hydrogen) atoms. The molecule has 2 aromatic rings. The van der Waals surface area contributed by atoms with Crippen LogP contribution in [0.5, 0.6) is 0 Å². The fraction of sp³-hybridized carbons (Fsp3) is 0.308. The van der Waals surface area contributed by atoms with Crippen molar-refractivity contribution >= 4 is 5.82 Å². The lowest BCUT2D eigenvalue weighted by Crippen LogP contribution is -2.06. The van der Waals surface area contributed by atoms with E-state index in [9.17, 15) is 0 Å². The lowest BCUT2D eigenvalue weighted by atomic mass is 10.0. The van der Waals surface area contributed by atoms with Crippen LogP contribution < -0.4 is 5.32 Å². The van der Waals surface area contributed by atoms with Gasteiger partial charge >= 0.3 is 0 Å². The van der Waals surface area contributed by atoms with Crippen molar-refractivity contribution < 1.29 is 0 Å². The van der Waals surface area contributed by atoms with E-state index in [-0.39, 0.29) is 0 Å². The van der Waals surface area contributed by atoms with E-state index >= 15 is 0 Å². The molecular formula is C13H16N4. The van der Waals surface area contributed by atoms with Crippen LogP contribution in [0.1, 0.15) is 18.1 Å². The molecule has 0 bridgehead atoms. The van der Waals surface area contributed by atoms with Gasteiger partial charge in [0.2, 0.25) is 0 Å². The molecule has 4 heteroatoms. The maximum Gasteiger partial charge on any atom is 0.151 e. The summed E-state index contributed by atoms with van der Waals surface area (Å²) in [5, 5.41) is 11.7. The number of nitrogens with zero attached hydrogens (tertiary/aromatic N) is 3. The molecule has 0 aliphatic heterocycles. The predicted octanol–water partition coefficient (Wildman–Crippen LogP) is 2.59. The van der Waals surface area contributed by atoms with Gasteiger partial charge in [0.25, 0.3) is 0 Å². The van der Waals surface area contributed by atoms with Crippen molar-refractivity contribution in [1.29, 1.82) is 0 Å². The molecule has 0 atom stereocenters. The van der Waals surface area contributed by atoms with E-state index in [1.165, 1.54) is 0 Å². The third kappa shape index (κ3) is 2.25. The van der Waals surface area contributed by atoms with E-state index < -0.39 is 0 Å². The second-order valence-electron chi connectivity index (χ2n) is 3.91. The molecule has 0 fully saturated rings. The van der Waals surface area contributed by atoms with Crippen molar-refractivity contribution in [2.24, 2.45) is 0 Å². The van der Waals surface area contributed by atoms with E-state index in [0.717, 1.165) is 34.7 Å². The largest absolute Gasteiger partial charge is 0.369 e. The summed E-state index contributed by atoms with van der Waals surface area (Å²) in [6, 6.07) is 3.90. The zero-order valence-corrected chi connectivity index (χ0v) is 10.4. The highest BCUT2D eigenvalue weighted by molar-refractivity contribution is 5.65. The summed E-state index contributed by atoms with van der Waals surface area (Å²) in [4.78, 5) is 4.01. The minimum atomic E-state index is 0.851. The Kier molecular flexibility index (Phi) is 3.32. The van der Waals surface area contributed by atoms with E-state index in [1.807, 2.05) is 19.1 Å². The summed E-state index contributed by atoms with van der Waals surface area (Å²) in [5.74, 6) is 0.864. The van der Waals surface area contributed by atoms with Crippen molar-refractivity contribution in [3.63, 3.8) is 0 Å². The smallest absolute Gasteiger partial charge is 0.151 e. The number of aromatic nitrogens is 3. The molecule has 0 saturated carbocycles. The van der Waals surface area contributed by atoms with Gasteiger partial charge in [0.05, 0.1) is 5.69 Å². The first-order valence-electron chi connectivity index (χ1n) is 5.72. The predicted molar refractivity (Wildman–Crippen MR) is 68.9 cm³/mol. The van der Waals surface area contributed by atoms with Crippen LogP contribution in [0.3, 0.4) is 0 Å². The van der Waals surface area contributed by atoms with Gasteiger partial charge in [0, 0.05) is 24.5 Å². The molecule has 0 aliphatic carbocycles. The van der Waals surface area contributed by atoms with E-state index in [0.29, 0.717) is 0 Å². The van der Waals surface area contributed by atoms with Gasteiger partial charge in [-0.3, -0.25) is 4.98 Å². The van der Waals surface area contributed by atoms with Gasteiger partial charge in [-0.2, -0.15) is 0 Å². The summed E-state index contributed by atoms with van der Waals surface area (Å²) in [6.45, 7) is 7.03.